The average molecular weight is 323 g/mol. The van der Waals surface area contributed by atoms with Crippen LogP contribution in [0.1, 0.15) is 24.1 Å². The summed E-state index contributed by atoms with van der Waals surface area (Å²) >= 11 is 0. The van der Waals surface area contributed by atoms with Crippen LogP contribution >= 0.6 is 0 Å². The van der Waals surface area contributed by atoms with Crippen molar-refractivity contribution in [3.05, 3.63) is 83.9 Å². The second-order valence-corrected chi connectivity index (χ2v) is 5.60. The minimum Gasteiger partial charge on any atom is -0.349 e. The van der Waals surface area contributed by atoms with Gasteiger partial charge >= 0.3 is 0 Å². The lowest BCUT2D eigenvalue weighted by molar-refractivity contribution is -0.121. The van der Waals surface area contributed by atoms with E-state index in [1.165, 1.54) is 6.07 Å². The Hall–Kier alpha value is -2.95. The molecule has 24 heavy (non-hydrogen) atoms. The monoisotopic (exact) mass is 323 g/mol. The fraction of sp³-hybridized carbons (Fsp3) is 0.158. The van der Waals surface area contributed by atoms with Crippen molar-refractivity contribution in [2.75, 3.05) is 0 Å². The molecule has 4 nitrogen and oxygen atoms in total. The number of benzene rings is 2. The first-order valence-corrected chi connectivity index (χ1v) is 7.76. The van der Waals surface area contributed by atoms with Crippen molar-refractivity contribution in [2.45, 2.75) is 19.4 Å². The topological polar surface area (TPSA) is 46.9 Å². The molecule has 1 unspecified atom stereocenters. The third-order valence-electron chi connectivity index (χ3n) is 3.82. The van der Waals surface area contributed by atoms with Crippen LogP contribution in [-0.2, 0) is 11.2 Å². The number of rotatable bonds is 5. The van der Waals surface area contributed by atoms with Gasteiger partial charge in [0.2, 0.25) is 5.91 Å². The Morgan fingerprint density at radius 3 is 2.58 bits per heavy atom. The number of carbonyl (C=O) groups excluding carboxylic acids is 1. The highest BCUT2D eigenvalue weighted by Gasteiger charge is 2.13. The molecule has 122 valence electrons. The van der Waals surface area contributed by atoms with Crippen LogP contribution in [0.5, 0.6) is 0 Å². The van der Waals surface area contributed by atoms with E-state index in [1.54, 1.807) is 36.0 Å². The predicted octanol–water partition coefficient (Wildman–Crippen LogP) is 3.43. The standard InChI is InChI=1S/C19H18FN3O/c1-14(17-5-2-3-6-18(17)20)22-19(24)13-15-7-9-16(10-8-15)23-12-4-11-21-23/h2-12,14H,13H2,1H3,(H,22,24). The van der Waals surface area contributed by atoms with Gasteiger partial charge in [0.1, 0.15) is 5.82 Å². The van der Waals surface area contributed by atoms with Gasteiger partial charge in [-0.15, -0.1) is 0 Å². The third kappa shape index (κ3) is 3.68. The largest absolute Gasteiger partial charge is 0.349 e. The number of halogens is 1. The van der Waals surface area contributed by atoms with Gasteiger partial charge in [0, 0.05) is 18.0 Å². The summed E-state index contributed by atoms with van der Waals surface area (Å²) in [6, 6.07) is 15.6. The van der Waals surface area contributed by atoms with Gasteiger partial charge in [0.25, 0.3) is 0 Å². The molecule has 0 aliphatic carbocycles. The molecule has 0 radical (unpaired) electrons. The van der Waals surface area contributed by atoms with Crippen LogP contribution in [0.2, 0.25) is 0 Å². The van der Waals surface area contributed by atoms with E-state index in [0.717, 1.165) is 11.3 Å². The van der Waals surface area contributed by atoms with Crippen molar-refractivity contribution in [1.29, 1.82) is 0 Å². The molecule has 2 aromatic carbocycles. The molecule has 1 amide bonds. The van der Waals surface area contributed by atoms with E-state index < -0.39 is 0 Å². The van der Waals surface area contributed by atoms with Crippen LogP contribution in [0.4, 0.5) is 4.39 Å². The minimum atomic E-state index is -0.373. The first kappa shape index (κ1) is 15.9. The van der Waals surface area contributed by atoms with Gasteiger partial charge in [0.05, 0.1) is 18.2 Å². The molecule has 0 saturated heterocycles. The van der Waals surface area contributed by atoms with Crippen molar-refractivity contribution in [2.24, 2.45) is 0 Å². The van der Waals surface area contributed by atoms with E-state index in [2.05, 4.69) is 10.4 Å². The summed E-state index contributed by atoms with van der Waals surface area (Å²) in [5, 5.41) is 6.99. The molecule has 0 spiro atoms. The number of aromatic nitrogens is 2. The second kappa shape index (κ2) is 7.08. The summed E-state index contributed by atoms with van der Waals surface area (Å²) in [6.45, 7) is 1.77. The maximum absolute atomic E-state index is 13.7. The highest BCUT2D eigenvalue weighted by atomic mass is 19.1. The zero-order chi connectivity index (χ0) is 16.9. The fourth-order valence-electron chi connectivity index (χ4n) is 2.57. The van der Waals surface area contributed by atoms with Crippen molar-refractivity contribution in [3.63, 3.8) is 0 Å². The fourth-order valence-corrected chi connectivity index (χ4v) is 2.57. The zero-order valence-electron chi connectivity index (χ0n) is 13.3. The molecule has 1 heterocycles. The lowest BCUT2D eigenvalue weighted by atomic mass is 10.1. The number of hydrogen-bond acceptors (Lipinski definition) is 2. The maximum atomic E-state index is 13.7. The van der Waals surface area contributed by atoms with Gasteiger partial charge in [-0.3, -0.25) is 4.79 Å². The molecule has 1 atom stereocenters. The third-order valence-corrected chi connectivity index (χ3v) is 3.82. The van der Waals surface area contributed by atoms with Crippen LogP contribution < -0.4 is 5.32 Å². The number of amides is 1. The van der Waals surface area contributed by atoms with Gasteiger partial charge in [0.15, 0.2) is 0 Å². The Morgan fingerprint density at radius 2 is 1.92 bits per heavy atom. The highest BCUT2D eigenvalue weighted by Crippen LogP contribution is 2.16. The Balaban J connectivity index is 1.62. The lowest BCUT2D eigenvalue weighted by Gasteiger charge is -2.15. The first-order chi connectivity index (χ1) is 11.6. The van der Waals surface area contributed by atoms with Crippen LogP contribution in [0, 0.1) is 5.82 Å². The average Bonchev–Trinajstić information content (AvgIpc) is 3.10. The molecule has 1 N–H and O–H groups in total. The Labute approximate surface area is 139 Å². The summed E-state index contributed by atoms with van der Waals surface area (Å²) in [4.78, 5) is 12.2. The highest BCUT2D eigenvalue weighted by molar-refractivity contribution is 5.79. The number of carbonyl (C=O) groups is 1. The molecular formula is C19H18FN3O. The van der Waals surface area contributed by atoms with Crippen molar-refractivity contribution < 1.29 is 9.18 Å². The summed E-state index contributed by atoms with van der Waals surface area (Å²) in [5.74, 6) is -0.452. The lowest BCUT2D eigenvalue weighted by Crippen LogP contribution is -2.28. The predicted molar refractivity (Wildman–Crippen MR) is 90.2 cm³/mol. The molecule has 0 aliphatic heterocycles. The second-order valence-electron chi connectivity index (χ2n) is 5.60. The van der Waals surface area contributed by atoms with Gasteiger partial charge in [-0.05, 0) is 36.8 Å². The molecule has 3 rings (SSSR count). The van der Waals surface area contributed by atoms with Crippen LogP contribution in [-0.4, -0.2) is 15.7 Å². The van der Waals surface area contributed by atoms with E-state index in [1.807, 2.05) is 36.5 Å². The van der Waals surface area contributed by atoms with E-state index in [-0.39, 0.29) is 24.2 Å². The zero-order valence-corrected chi connectivity index (χ0v) is 13.3. The van der Waals surface area contributed by atoms with Gasteiger partial charge in [-0.25, -0.2) is 9.07 Å². The van der Waals surface area contributed by atoms with E-state index in [0.29, 0.717) is 5.56 Å². The van der Waals surface area contributed by atoms with Gasteiger partial charge < -0.3 is 5.32 Å². The molecular weight excluding hydrogens is 305 g/mol. The van der Waals surface area contributed by atoms with Gasteiger partial charge in [-0.2, -0.15) is 5.10 Å². The molecule has 0 fully saturated rings. The van der Waals surface area contributed by atoms with Crippen LogP contribution in [0.15, 0.2) is 67.0 Å². The molecule has 0 bridgehead atoms. The Kier molecular flexibility index (Phi) is 4.70. The normalized spacial score (nSPS) is 11.9. The Bertz CT molecular complexity index is 813. The summed E-state index contributed by atoms with van der Waals surface area (Å²) in [7, 11) is 0. The number of nitrogens with one attached hydrogen (secondary N) is 1. The molecule has 5 heteroatoms. The van der Waals surface area contributed by atoms with E-state index in [9.17, 15) is 9.18 Å². The van der Waals surface area contributed by atoms with Crippen molar-refractivity contribution in [1.82, 2.24) is 15.1 Å². The maximum Gasteiger partial charge on any atom is 0.224 e. The minimum absolute atomic E-state index is 0.141. The van der Waals surface area contributed by atoms with Gasteiger partial charge in [-0.1, -0.05) is 30.3 Å². The van der Waals surface area contributed by atoms with E-state index >= 15 is 0 Å². The molecule has 0 saturated carbocycles. The molecule has 0 aliphatic rings. The van der Waals surface area contributed by atoms with Crippen LogP contribution in [0.3, 0.4) is 0 Å². The van der Waals surface area contributed by atoms with Crippen molar-refractivity contribution in [3.8, 4) is 5.69 Å². The quantitative estimate of drug-likeness (QED) is 0.782. The smallest absolute Gasteiger partial charge is 0.224 e. The number of nitrogens with zero attached hydrogens (tertiary/aromatic N) is 2. The Morgan fingerprint density at radius 1 is 1.17 bits per heavy atom. The van der Waals surface area contributed by atoms with Crippen LogP contribution in [0.25, 0.3) is 5.69 Å². The van der Waals surface area contributed by atoms with E-state index in [4.69, 9.17) is 0 Å². The molecule has 3 aromatic rings. The summed E-state index contributed by atoms with van der Waals surface area (Å²) in [6.07, 6.45) is 3.82. The summed E-state index contributed by atoms with van der Waals surface area (Å²) < 4.78 is 15.5. The molecule has 1 aromatic heterocycles. The number of hydrogen-bond donors (Lipinski definition) is 1. The van der Waals surface area contributed by atoms with Crippen molar-refractivity contribution >= 4 is 5.91 Å². The first-order valence-electron chi connectivity index (χ1n) is 7.76. The summed E-state index contributed by atoms with van der Waals surface area (Å²) in [5.41, 5.74) is 2.31. The SMILES string of the molecule is CC(NC(=O)Cc1ccc(-n2cccn2)cc1)c1ccccc1F.